The SMILES string of the molecule is Cc1nc(N(C)C)nc(OCCO)c1C. The standard InChI is InChI=1S/C10H17N3O2/c1-7-8(2)11-10(13(3)4)12-9(7)15-6-5-14/h14H,5-6H2,1-4H3. The summed E-state index contributed by atoms with van der Waals surface area (Å²) in [7, 11) is 3.75. The molecular formula is C10H17N3O2. The molecule has 15 heavy (non-hydrogen) atoms. The number of rotatable bonds is 4. The molecule has 0 radical (unpaired) electrons. The van der Waals surface area contributed by atoms with Crippen molar-refractivity contribution >= 4 is 5.95 Å². The van der Waals surface area contributed by atoms with Crippen LogP contribution in [-0.4, -0.2) is 42.4 Å². The second kappa shape index (κ2) is 4.93. The van der Waals surface area contributed by atoms with Gasteiger partial charge in [-0.05, 0) is 13.8 Å². The lowest BCUT2D eigenvalue weighted by atomic mass is 10.2. The molecule has 0 aliphatic carbocycles. The molecule has 1 rings (SSSR count). The van der Waals surface area contributed by atoms with Gasteiger partial charge in [-0.25, -0.2) is 4.98 Å². The molecule has 0 amide bonds. The summed E-state index contributed by atoms with van der Waals surface area (Å²) in [6.07, 6.45) is 0. The van der Waals surface area contributed by atoms with Crippen molar-refractivity contribution in [2.75, 3.05) is 32.2 Å². The van der Waals surface area contributed by atoms with Crippen molar-refractivity contribution in [2.45, 2.75) is 13.8 Å². The van der Waals surface area contributed by atoms with Crippen LogP contribution in [0.4, 0.5) is 5.95 Å². The van der Waals surface area contributed by atoms with Gasteiger partial charge in [0.05, 0.1) is 6.61 Å². The Kier molecular flexibility index (Phi) is 3.85. The third kappa shape index (κ3) is 2.79. The molecule has 1 heterocycles. The molecule has 5 nitrogen and oxygen atoms in total. The minimum atomic E-state index is -0.0141. The van der Waals surface area contributed by atoms with Crippen LogP contribution >= 0.6 is 0 Å². The summed E-state index contributed by atoms with van der Waals surface area (Å²) in [6.45, 7) is 4.06. The number of aliphatic hydroxyl groups is 1. The summed E-state index contributed by atoms with van der Waals surface area (Å²) >= 11 is 0. The first kappa shape index (κ1) is 11.7. The average molecular weight is 211 g/mol. The van der Waals surface area contributed by atoms with Crippen molar-refractivity contribution in [3.63, 3.8) is 0 Å². The van der Waals surface area contributed by atoms with E-state index in [4.69, 9.17) is 9.84 Å². The summed E-state index contributed by atoms with van der Waals surface area (Å²) in [5.74, 6) is 1.16. The van der Waals surface area contributed by atoms with Gasteiger partial charge in [0.15, 0.2) is 0 Å². The number of aromatic nitrogens is 2. The molecule has 1 N–H and O–H groups in total. The zero-order chi connectivity index (χ0) is 11.4. The van der Waals surface area contributed by atoms with Gasteiger partial charge in [-0.2, -0.15) is 4.98 Å². The maximum atomic E-state index is 8.69. The number of aliphatic hydroxyl groups excluding tert-OH is 1. The molecule has 84 valence electrons. The van der Waals surface area contributed by atoms with Crippen LogP contribution in [0.2, 0.25) is 0 Å². The van der Waals surface area contributed by atoms with E-state index in [1.54, 1.807) is 0 Å². The van der Waals surface area contributed by atoms with E-state index in [0.29, 0.717) is 11.8 Å². The fraction of sp³-hybridized carbons (Fsp3) is 0.600. The number of ether oxygens (including phenoxy) is 1. The average Bonchev–Trinajstić information content (AvgIpc) is 2.19. The molecule has 1 aromatic rings. The molecule has 5 heteroatoms. The minimum Gasteiger partial charge on any atom is -0.475 e. The van der Waals surface area contributed by atoms with Crippen molar-refractivity contribution in [3.05, 3.63) is 11.3 Å². The van der Waals surface area contributed by atoms with Gasteiger partial charge in [0.25, 0.3) is 0 Å². The first-order valence-electron chi connectivity index (χ1n) is 4.82. The van der Waals surface area contributed by atoms with E-state index in [1.165, 1.54) is 0 Å². The Labute approximate surface area is 89.7 Å². The number of nitrogens with zero attached hydrogens (tertiary/aromatic N) is 3. The highest BCUT2D eigenvalue weighted by Gasteiger charge is 2.09. The molecule has 0 aliphatic heterocycles. The summed E-state index contributed by atoms with van der Waals surface area (Å²) in [5.41, 5.74) is 1.80. The predicted octanol–water partition coefficient (Wildman–Crippen LogP) is 0.531. The molecule has 0 bridgehead atoms. The highest BCUT2D eigenvalue weighted by atomic mass is 16.5. The maximum Gasteiger partial charge on any atom is 0.228 e. The second-order valence-electron chi connectivity index (χ2n) is 3.51. The molecule has 0 saturated carbocycles. The lowest BCUT2D eigenvalue weighted by molar-refractivity contribution is 0.195. The number of anilines is 1. The van der Waals surface area contributed by atoms with Gasteiger partial charge >= 0.3 is 0 Å². The fourth-order valence-corrected chi connectivity index (χ4v) is 1.07. The minimum absolute atomic E-state index is 0.0141. The van der Waals surface area contributed by atoms with E-state index in [1.807, 2.05) is 32.8 Å². The molecule has 0 unspecified atom stereocenters. The van der Waals surface area contributed by atoms with Gasteiger partial charge in [-0.1, -0.05) is 0 Å². The van der Waals surface area contributed by atoms with Gasteiger partial charge in [0.2, 0.25) is 11.8 Å². The lowest BCUT2D eigenvalue weighted by Crippen LogP contribution is -2.15. The third-order valence-electron chi connectivity index (χ3n) is 2.06. The largest absolute Gasteiger partial charge is 0.475 e. The zero-order valence-electron chi connectivity index (χ0n) is 9.61. The fourth-order valence-electron chi connectivity index (χ4n) is 1.07. The van der Waals surface area contributed by atoms with Gasteiger partial charge in [0, 0.05) is 25.4 Å². The quantitative estimate of drug-likeness (QED) is 0.787. The molecule has 0 spiro atoms. The number of hydrogen-bond acceptors (Lipinski definition) is 5. The zero-order valence-corrected chi connectivity index (χ0v) is 9.61. The molecule has 0 aliphatic rings. The topological polar surface area (TPSA) is 58.5 Å². The van der Waals surface area contributed by atoms with Gasteiger partial charge in [0.1, 0.15) is 6.61 Å². The molecule has 0 saturated heterocycles. The van der Waals surface area contributed by atoms with Crippen molar-refractivity contribution in [2.24, 2.45) is 0 Å². The summed E-state index contributed by atoms with van der Waals surface area (Å²) in [4.78, 5) is 10.4. The highest BCUT2D eigenvalue weighted by molar-refractivity contribution is 5.38. The van der Waals surface area contributed by atoms with E-state index in [2.05, 4.69) is 9.97 Å². The number of aryl methyl sites for hydroxylation is 1. The molecule has 0 atom stereocenters. The Bertz CT molecular complexity index is 340. The monoisotopic (exact) mass is 211 g/mol. The van der Waals surface area contributed by atoms with Crippen LogP contribution in [-0.2, 0) is 0 Å². The summed E-state index contributed by atoms with van der Waals surface area (Å²) in [6, 6.07) is 0. The molecule has 0 fully saturated rings. The number of hydrogen-bond donors (Lipinski definition) is 1. The van der Waals surface area contributed by atoms with E-state index >= 15 is 0 Å². The van der Waals surface area contributed by atoms with Gasteiger partial charge in [-0.15, -0.1) is 0 Å². The Hall–Kier alpha value is -1.36. The van der Waals surface area contributed by atoms with Gasteiger partial charge in [-0.3, -0.25) is 0 Å². The Morgan fingerprint density at radius 2 is 1.93 bits per heavy atom. The first-order valence-corrected chi connectivity index (χ1v) is 4.82. The molecular weight excluding hydrogens is 194 g/mol. The van der Waals surface area contributed by atoms with E-state index in [0.717, 1.165) is 11.3 Å². The van der Waals surface area contributed by atoms with Crippen molar-refractivity contribution in [3.8, 4) is 5.88 Å². The Balaban J connectivity index is 3.02. The Morgan fingerprint density at radius 1 is 1.27 bits per heavy atom. The van der Waals surface area contributed by atoms with E-state index < -0.39 is 0 Å². The van der Waals surface area contributed by atoms with Crippen LogP contribution in [0.1, 0.15) is 11.3 Å². The molecule has 0 aromatic carbocycles. The van der Waals surface area contributed by atoms with Crippen LogP contribution in [0.3, 0.4) is 0 Å². The summed E-state index contributed by atoms with van der Waals surface area (Å²) in [5, 5.41) is 8.69. The highest BCUT2D eigenvalue weighted by Crippen LogP contribution is 2.20. The van der Waals surface area contributed by atoms with E-state index in [9.17, 15) is 0 Å². The van der Waals surface area contributed by atoms with Crippen LogP contribution in [0, 0.1) is 13.8 Å². The normalized spacial score (nSPS) is 10.2. The molecule has 1 aromatic heterocycles. The van der Waals surface area contributed by atoms with Gasteiger partial charge < -0.3 is 14.7 Å². The Morgan fingerprint density at radius 3 is 2.47 bits per heavy atom. The van der Waals surface area contributed by atoms with Crippen LogP contribution in [0.5, 0.6) is 5.88 Å². The second-order valence-corrected chi connectivity index (χ2v) is 3.51. The predicted molar refractivity (Wildman–Crippen MR) is 58.4 cm³/mol. The van der Waals surface area contributed by atoms with Crippen LogP contribution in [0.15, 0.2) is 0 Å². The van der Waals surface area contributed by atoms with E-state index in [-0.39, 0.29) is 13.2 Å². The summed E-state index contributed by atoms with van der Waals surface area (Å²) < 4.78 is 5.33. The van der Waals surface area contributed by atoms with Crippen molar-refractivity contribution in [1.29, 1.82) is 0 Å². The first-order chi connectivity index (χ1) is 7.06. The van der Waals surface area contributed by atoms with Crippen LogP contribution < -0.4 is 9.64 Å². The smallest absolute Gasteiger partial charge is 0.228 e. The van der Waals surface area contributed by atoms with Crippen molar-refractivity contribution in [1.82, 2.24) is 9.97 Å². The third-order valence-corrected chi connectivity index (χ3v) is 2.06. The van der Waals surface area contributed by atoms with Crippen molar-refractivity contribution < 1.29 is 9.84 Å². The maximum absolute atomic E-state index is 8.69. The lowest BCUT2D eigenvalue weighted by Gasteiger charge is -2.14. The van der Waals surface area contributed by atoms with Crippen LogP contribution in [0.25, 0.3) is 0 Å².